The van der Waals surface area contributed by atoms with Crippen molar-refractivity contribution >= 4 is 0 Å². The Morgan fingerprint density at radius 1 is 1.31 bits per heavy atom. The van der Waals surface area contributed by atoms with E-state index in [9.17, 15) is 0 Å². The SMILES string of the molecule is CCCCCC(CN)N1CCC(C(C)C)C1. The second kappa shape index (κ2) is 7.29. The van der Waals surface area contributed by atoms with Crippen LogP contribution in [0.3, 0.4) is 0 Å². The largest absolute Gasteiger partial charge is 0.329 e. The molecule has 0 spiro atoms. The number of hydrogen-bond donors (Lipinski definition) is 1. The third-order valence-corrected chi connectivity index (χ3v) is 4.13. The standard InChI is InChI=1S/C14H30N2/c1-4-5-6-7-14(10-15)16-9-8-13(11-16)12(2)3/h12-14H,4-11,15H2,1-3H3. The lowest BCUT2D eigenvalue weighted by Gasteiger charge is -2.27. The lowest BCUT2D eigenvalue weighted by atomic mass is 9.95. The Balaban J connectivity index is 2.31. The molecule has 1 saturated heterocycles. The summed E-state index contributed by atoms with van der Waals surface area (Å²) in [5.74, 6) is 1.74. The number of likely N-dealkylation sites (tertiary alicyclic amines) is 1. The first-order valence-electron chi connectivity index (χ1n) is 7.13. The van der Waals surface area contributed by atoms with Crippen LogP contribution in [0.1, 0.15) is 52.9 Å². The van der Waals surface area contributed by atoms with Crippen molar-refractivity contribution in [3.8, 4) is 0 Å². The van der Waals surface area contributed by atoms with Crippen molar-refractivity contribution in [3.63, 3.8) is 0 Å². The molecule has 0 aliphatic carbocycles. The van der Waals surface area contributed by atoms with Gasteiger partial charge in [-0.2, -0.15) is 0 Å². The number of nitrogens with zero attached hydrogens (tertiary/aromatic N) is 1. The highest BCUT2D eigenvalue weighted by Gasteiger charge is 2.28. The molecule has 1 rings (SSSR count). The van der Waals surface area contributed by atoms with Gasteiger partial charge in [0, 0.05) is 19.1 Å². The summed E-state index contributed by atoms with van der Waals surface area (Å²) in [4.78, 5) is 2.64. The maximum Gasteiger partial charge on any atom is 0.0218 e. The molecule has 0 radical (unpaired) electrons. The van der Waals surface area contributed by atoms with Gasteiger partial charge in [-0.05, 0) is 31.2 Å². The van der Waals surface area contributed by atoms with Crippen molar-refractivity contribution in [1.82, 2.24) is 4.90 Å². The van der Waals surface area contributed by atoms with Crippen LogP contribution in [-0.4, -0.2) is 30.6 Å². The molecule has 0 aromatic carbocycles. The molecule has 2 heteroatoms. The zero-order chi connectivity index (χ0) is 12.0. The summed E-state index contributed by atoms with van der Waals surface area (Å²) in [6, 6.07) is 0.648. The third-order valence-electron chi connectivity index (χ3n) is 4.13. The van der Waals surface area contributed by atoms with Crippen molar-refractivity contribution in [2.24, 2.45) is 17.6 Å². The topological polar surface area (TPSA) is 29.3 Å². The Morgan fingerprint density at radius 2 is 2.06 bits per heavy atom. The lowest BCUT2D eigenvalue weighted by Crippen LogP contribution is -2.39. The molecule has 16 heavy (non-hydrogen) atoms. The molecular weight excluding hydrogens is 196 g/mol. The molecule has 2 unspecified atom stereocenters. The van der Waals surface area contributed by atoms with Gasteiger partial charge in [-0.25, -0.2) is 0 Å². The Labute approximate surface area is 102 Å². The normalized spacial score (nSPS) is 24.2. The summed E-state index contributed by atoms with van der Waals surface area (Å²) in [5.41, 5.74) is 5.91. The third kappa shape index (κ3) is 4.06. The monoisotopic (exact) mass is 226 g/mol. The summed E-state index contributed by atoms with van der Waals surface area (Å²) in [6.07, 6.45) is 6.70. The average Bonchev–Trinajstić information content (AvgIpc) is 2.74. The predicted octanol–water partition coefficient (Wildman–Crippen LogP) is 2.87. The van der Waals surface area contributed by atoms with Crippen LogP contribution in [0.2, 0.25) is 0 Å². The summed E-state index contributed by atoms with van der Waals surface area (Å²) < 4.78 is 0. The minimum absolute atomic E-state index is 0.648. The molecule has 2 N–H and O–H groups in total. The summed E-state index contributed by atoms with van der Waals surface area (Å²) in [6.45, 7) is 10.4. The zero-order valence-corrected chi connectivity index (χ0v) is 11.4. The van der Waals surface area contributed by atoms with Gasteiger partial charge < -0.3 is 5.73 Å². The van der Waals surface area contributed by atoms with Crippen molar-refractivity contribution in [2.75, 3.05) is 19.6 Å². The van der Waals surface area contributed by atoms with Crippen LogP contribution in [0.5, 0.6) is 0 Å². The maximum atomic E-state index is 5.91. The molecular formula is C14H30N2. The van der Waals surface area contributed by atoms with Crippen molar-refractivity contribution in [3.05, 3.63) is 0 Å². The fraction of sp³-hybridized carbons (Fsp3) is 1.00. The molecule has 1 aliphatic heterocycles. The van der Waals surface area contributed by atoms with Crippen LogP contribution in [0, 0.1) is 11.8 Å². The summed E-state index contributed by atoms with van der Waals surface area (Å²) in [7, 11) is 0. The number of unbranched alkanes of at least 4 members (excludes halogenated alkanes) is 2. The molecule has 2 atom stereocenters. The number of nitrogens with two attached hydrogens (primary N) is 1. The van der Waals surface area contributed by atoms with E-state index in [4.69, 9.17) is 5.73 Å². The fourth-order valence-electron chi connectivity index (χ4n) is 2.77. The molecule has 96 valence electrons. The van der Waals surface area contributed by atoms with Crippen molar-refractivity contribution < 1.29 is 0 Å². The summed E-state index contributed by atoms with van der Waals surface area (Å²) in [5, 5.41) is 0. The van der Waals surface area contributed by atoms with Crippen molar-refractivity contribution in [2.45, 2.75) is 58.9 Å². The molecule has 2 nitrogen and oxygen atoms in total. The Morgan fingerprint density at radius 3 is 2.56 bits per heavy atom. The molecule has 0 bridgehead atoms. The Kier molecular flexibility index (Phi) is 6.37. The highest BCUT2D eigenvalue weighted by molar-refractivity contribution is 4.83. The molecule has 1 aliphatic rings. The van der Waals surface area contributed by atoms with Crippen LogP contribution in [0.25, 0.3) is 0 Å². The second-order valence-electron chi connectivity index (χ2n) is 5.67. The van der Waals surface area contributed by atoms with Gasteiger partial charge in [0.15, 0.2) is 0 Å². The van der Waals surface area contributed by atoms with Gasteiger partial charge in [0.1, 0.15) is 0 Å². The fourth-order valence-corrected chi connectivity index (χ4v) is 2.77. The molecule has 1 heterocycles. The minimum Gasteiger partial charge on any atom is -0.329 e. The van der Waals surface area contributed by atoms with E-state index in [0.717, 1.165) is 18.4 Å². The van der Waals surface area contributed by atoms with Gasteiger partial charge in [0.05, 0.1) is 0 Å². The van der Waals surface area contributed by atoms with Crippen LogP contribution >= 0.6 is 0 Å². The average molecular weight is 226 g/mol. The van der Waals surface area contributed by atoms with Gasteiger partial charge in [-0.15, -0.1) is 0 Å². The predicted molar refractivity (Wildman–Crippen MR) is 71.5 cm³/mol. The quantitative estimate of drug-likeness (QED) is 0.676. The molecule has 0 saturated carbocycles. The highest BCUT2D eigenvalue weighted by atomic mass is 15.2. The van der Waals surface area contributed by atoms with Gasteiger partial charge in [-0.1, -0.05) is 40.0 Å². The molecule has 0 aromatic heterocycles. The van der Waals surface area contributed by atoms with E-state index in [2.05, 4.69) is 25.7 Å². The molecule has 1 fully saturated rings. The van der Waals surface area contributed by atoms with Gasteiger partial charge in [-0.3, -0.25) is 4.90 Å². The van der Waals surface area contributed by atoms with Gasteiger partial charge >= 0.3 is 0 Å². The Bertz CT molecular complexity index is 180. The van der Waals surface area contributed by atoms with E-state index in [-0.39, 0.29) is 0 Å². The van der Waals surface area contributed by atoms with E-state index in [1.165, 1.54) is 45.2 Å². The Hall–Kier alpha value is -0.0800. The zero-order valence-electron chi connectivity index (χ0n) is 11.4. The first-order chi connectivity index (χ1) is 7.69. The van der Waals surface area contributed by atoms with E-state index in [1.54, 1.807) is 0 Å². The van der Waals surface area contributed by atoms with Crippen LogP contribution in [-0.2, 0) is 0 Å². The first-order valence-corrected chi connectivity index (χ1v) is 7.13. The van der Waals surface area contributed by atoms with E-state index in [1.807, 2.05) is 0 Å². The highest BCUT2D eigenvalue weighted by Crippen LogP contribution is 2.26. The first kappa shape index (κ1) is 14.0. The lowest BCUT2D eigenvalue weighted by molar-refractivity contribution is 0.215. The number of rotatable bonds is 7. The van der Waals surface area contributed by atoms with Crippen LogP contribution in [0.15, 0.2) is 0 Å². The van der Waals surface area contributed by atoms with Crippen LogP contribution < -0.4 is 5.73 Å². The van der Waals surface area contributed by atoms with Gasteiger partial charge in [0.2, 0.25) is 0 Å². The van der Waals surface area contributed by atoms with E-state index < -0.39 is 0 Å². The van der Waals surface area contributed by atoms with Crippen molar-refractivity contribution in [1.29, 1.82) is 0 Å². The van der Waals surface area contributed by atoms with E-state index in [0.29, 0.717) is 6.04 Å². The second-order valence-corrected chi connectivity index (χ2v) is 5.67. The molecule has 0 amide bonds. The number of hydrogen-bond acceptors (Lipinski definition) is 2. The summed E-state index contributed by atoms with van der Waals surface area (Å²) >= 11 is 0. The molecule has 0 aromatic rings. The maximum absolute atomic E-state index is 5.91. The minimum atomic E-state index is 0.648. The smallest absolute Gasteiger partial charge is 0.0218 e. The van der Waals surface area contributed by atoms with E-state index >= 15 is 0 Å². The van der Waals surface area contributed by atoms with Gasteiger partial charge in [0.25, 0.3) is 0 Å². The van der Waals surface area contributed by atoms with Crippen LogP contribution in [0.4, 0.5) is 0 Å².